The maximum Gasteiger partial charge on any atom is 0.213 e. The van der Waals surface area contributed by atoms with Crippen molar-refractivity contribution in [2.45, 2.75) is 26.5 Å². The lowest BCUT2D eigenvalue weighted by Crippen LogP contribution is -2.25. The first-order valence-electron chi connectivity index (χ1n) is 9.72. The average Bonchev–Trinajstić information content (AvgIpc) is 3.06. The summed E-state index contributed by atoms with van der Waals surface area (Å²) in [4.78, 5) is 9.20. The smallest absolute Gasteiger partial charge is 0.213 e. The van der Waals surface area contributed by atoms with Crippen LogP contribution in [0.4, 0.5) is 0 Å². The standard InChI is InChI=1S/C20H28N4O4S/c1-4-27-15-19-22-18-14-21-17-9-6-5-8-16(17)20(18)24(19)10-12-28-11-7-13-29(25,26)23(2)3/h5-6,8-9,14H,4,7,10-13,15H2,1-3H3. The van der Waals surface area contributed by atoms with Gasteiger partial charge in [0.05, 0.1) is 29.6 Å². The van der Waals surface area contributed by atoms with Crippen LogP contribution in [0.5, 0.6) is 0 Å². The number of hydrogen-bond donors (Lipinski definition) is 0. The summed E-state index contributed by atoms with van der Waals surface area (Å²) >= 11 is 0. The number of pyridine rings is 1. The second-order valence-electron chi connectivity index (χ2n) is 6.89. The second kappa shape index (κ2) is 9.62. The Morgan fingerprint density at radius 2 is 1.90 bits per heavy atom. The summed E-state index contributed by atoms with van der Waals surface area (Å²) < 4.78 is 38.3. The van der Waals surface area contributed by atoms with Gasteiger partial charge in [-0.3, -0.25) is 4.98 Å². The molecule has 29 heavy (non-hydrogen) atoms. The van der Waals surface area contributed by atoms with Gasteiger partial charge < -0.3 is 14.0 Å². The molecular weight excluding hydrogens is 392 g/mol. The molecule has 0 spiro atoms. The molecule has 0 amide bonds. The van der Waals surface area contributed by atoms with Gasteiger partial charge in [0.15, 0.2) is 0 Å². The van der Waals surface area contributed by atoms with E-state index in [1.165, 1.54) is 4.31 Å². The Kier molecular flexibility index (Phi) is 7.18. The lowest BCUT2D eigenvalue weighted by atomic mass is 10.2. The third-order valence-electron chi connectivity index (χ3n) is 4.70. The number of hydrogen-bond acceptors (Lipinski definition) is 6. The Morgan fingerprint density at radius 1 is 1.10 bits per heavy atom. The maximum absolute atomic E-state index is 11.8. The minimum Gasteiger partial charge on any atom is -0.380 e. The van der Waals surface area contributed by atoms with Gasteiger partial charge in [-0.25, -0.2) is 17.7 Å². The van der Waals surface area contributed by atoms with Crippen molar-refractivity contribution in [3.05, 3.63) is 36.3 Å². The van der Waals surface area contributed by atoms with E-state index in [-0.39, 0.29) is 5.75 Å². The Bertz CT molecular complexity index is 1060. The third-order valence-corrected chi connectivity index (χ3v) is 6.62. The lowest BCUT2D eigenvalue weighted by molar-refractivity contribution is 0.114. The van der Waals surface area contributed by atoms with Crippen LogP contribution in [0.1, 0.15) is 19.2 Å². The highest BCUT2D eigenvalue weighted by Crippen LogP contribution is 2.25. The molecule has 0 aliphatic heterocycles. The summed E-state index contributed by atoms with van der Waals surface area (Å²) in [6, 6.07) is 7.98. The van der Waals surface area contributed by atoms with Crippen molar-refractivity contribution in [2.24, 2.45) is 0 Å². The van der Waals surface area contributed by atoms with Crippen molar-refractivity contribution in [3.63, 3.8) is 0 Å². The first-order chi connectivity index (χ1) is 13.9. The summed E-state index contributed by atoms with van der Waals surface area (Å²) in [6.45, 7) is 4.44. The van der Waals surface area contributed by atoms with Gasteiger partial charge in [0.25, 0.3) is 0 Å². The van der Waals surface area contributed by atoms with Crippen molar-refractivity contribution in [3.8, 4) is 0 Å². The van der Waals surface area contributed by atoms with E-state index in [0.29, 0.717) is 39.4 Å². The van der Waals surface area contributed by atoms with Crippen LogP contribution in [0.15, 0.2) is 30.5 Å². The molecular formula is C20H28N4O4S. The molecule has 0 unspecified atom stereocenters. The number of ether oxygens (including phenoxy) is 2. The van der Waals surface area contributed by atoms with Crippen molar-refractivity contribution >= 4 is 32.0 Å². The molecule has 0 N–H and O–H groups in total. The van der Waals surface area contributed by atoms with Crippen LogP contribution in [0.25, 0.3) is 21.9 Å². The molecule has 0 fully saturated rings. The van der Waals surface area contributed by atoms with E-state index < -0.39 is 10.0 Å². The zero-order chi connectivity index (χ0) is 20.9. The van der Waals surface area contributed by atoms with Crippen molar-refractivity contribution in [1.82, 2.24) is 18.8 Å². The molecule has 3 aromatic rings. The van der Waals surface area contributed by atoms with E-state index in [1.807, 2.05) is 31.2 Å². The molecule has 0 radical (unpaired) electrons. The minimum atomic E-state index is -3.18. The fourth-order valence-corrected chi connectivity index (χ4v) is 3.99. The van der Waals surface area contributed by atoms with Crippen molar-refractivity contribution in [1.29, 1.82) is 0 Å². The summed E-state index contributed by atoms with van der Waals surface area (Å²) in [5, 5.41) is 1.04. The first kappa shape index (κ1) is 21.6. The topological polar surface area (TPSA) is 86.5 Å². The molecule has 1 aromatic carbocycles. The first-order valence-corrected chi connectivity index (χ1v) is 11.3. The molecule has 9 heteroatoms. The highest BCUT2D eigenvalue weighted by Gasteiger charge is 2.15. The SMILES string of the molecule is CCOCc1nc2cnc3ccccc3c2n1CCOCCCS(=O)(=O)N(C)C. The lowest BCUT2D eigenvalue weighted by Gasteiger charge is -2.12. The number of para-hydroxylation sites is 1. The van der Waals surface area contributed by atoms with E-state index >= 15 is 0 Å². The van der Waals surface area contributed by atoms with E-state index in [2.05, 4.69) is 9.55 Å². The average molecular weight is 421 g/mol. The number of nitrogens with zero attached hydrogens (tertiary/aromatic N) is 4. The number of rotatable bonds is 11. The van der Waals surface area contributed by atoms with E-state index in [4.69, 9.17) is 14.5 Å². The van der Waals surface area contributed by atoms with Gasteiger partial charge in [0.1, 0.15) is 17.9 Å². The molecule has 0 aliphatic rings. The predicted octanol–water partition coefficient (Wildman–Crippen LogP) is 2.42. The molecule has 0 saturated carbocycles. The zero-order valence-electron chi connectivity index (χ0n) is 17.2. The largest absolute Gasteiger partial charge is 0.380 e. The van der Waals surface area contributed by atoms with E-state index in [9.17, 15) is 8.42 Å². The fourth-order valence-electron chi connectivity index (χ4n) is 3.14. The Morgan fingerprint density at radius 3 is 2.66 bits per heavy atom. The quantitative estimate of drug-likeness (QED) is 0.443. The van der Waals surface area contributed by atoms with Crippen LogP contribution < -0.4 is 0 Å². The number of aromatic nitrogens is 3. The Hall–Kier alpha value is -2.07. The van der Waals surface area contributed by atoms with Gasteiger partial charge in [-0.1, -0.05) is 18.2 Å². The molecule has 0 atom stereocenters. The fraction of sp³-hybridized carbons (Fsp3) is 0.500. The van der Waals surface area contributed by atoms with Crippen LogP contribution in [-0.4, -0.2) is 66.9 Å². The summed E-state index contributed by atoms with van der Waals surface area (Å²) in [5.41, 5.74) is 2.76. The summed E-state index contributed by atoms with van der Waals surface area (Å²) in [6.07, 6.45) is 2.25. The molecule has 0 bridgehead atoms. The van der Waals surface area contributed by atoms with E-state index in [1.54, 1.807) is 20.3 Å². The molecule has 2 heterocycles. The number of imidazole rings is 1. The third kappa shape index (κ3) is 5.11. The van der Waals surface area contributed by atoms with Gasteiger partial charge in [0, 0.05) is 39.2 Å². The normalized spacial score (nSPS) is 12.4. The highest BCUT2D eigenvalue weighted by molar-refractivity contribution is 7.89. The van der Waals surface area contributed by atoms with Gasteiger partial charge >= 0.3 is 0 Å². The van der Waals surface area contributed by atoms with Crippen LogP contribution in [0, 0.1) is 0 Å². The number of fused-ring (bicyclic) bond motifs is 3. The predicted molar refractivity (Wildman–Crippen MR) is 113 cm³/mol. The van der Waals surface area contributed by atoms with Crippen molar-refractivity contribution < 1.29 is 17.9 Å². The van der Waals surface area contributed by atoms with Gasteiger partial charge in [-0.05, 0) is 19.4 Å². The van der Waals surface area contributed by atoms with Crippen LogP contribution in [0.3, 0.4) is 0 Å². The monoisotopic (exact) mass is 420 g/mol. The number of benzene rings is 1. The molecule has 0 aliphatic carbocycles. The maximum atomic E-state index is 11.8. The molecule has 158 valence electrons. The van der Waals surface area contributed by atoms with Crippen molar-refractivity contribution in [2.75, 3.05) is 39.7 Å². The molecule has 3 rings (SSSR count). The number of sulfonamides is 1. The summed E-state index contributed by atoms with van der Waals surface area (Å²) in [7, 11) is -0.102. The second-order valence-corrected chi connectivity index (χ2v) is 9.19. The Balaban J connectivity index is 1.72. The van der Waals surface area contributed by atoms with Crippen LogP contribution >= 0.6 is 0 Å². The van der Waals surface area contributed by atoms with Gasteiger partial charge in [-0.2, -0.15) is 0 Å². The van der Waals surface area contributed by atoms with Crippen LogP contribution in [-0.2, 0) is 32.6 Å². The zero-order valence-corrected chi connectivity index (χ0v) is 18.0. The van der Waals surface area contributed by atoms with Gasteiger partial charge in [-0.15, -0.1) is 0 Å². The van der Waals surface area contributed by atoms with E-state index in [0.717, 1.165) is 27.8 Å². The summed E-state index contributed by atoms with van der Waals surface area (Å²) in [5.74, 6) is 0.915. The molecule has 2 aromatic heterocycles. The van der Waals surface area contributed by atoms with Crippen LogP contribution in [0.2, 0.25) is 0 Å². The molecule has 8 nitrogen and oxygen atoms in total. The highest BCUT2D eigenvalue weighted by atomic mass is 32.2. The minimum absolute atomic E-state index is 0.0832. The molecule has 0 saturated heterocycles. The van der Waals surface area contributed by atoms with Gasteiger partial charge in [0.2, 0.25) is 10.0 Å². The Labute approximate surface area is 171 Å².